The second-order valence-electron chi connectivity index (χ2n) is 5.96. The van der Waals surface area contributed by atoms with E-state index in [9.17, 15) is 4.79 Å². The van der Waals surface area contributed by atoms with Crippen LogP contribution in [0.5, 0.6) is 5.75 Å². The molecule has 0 radical (unpaired) electrons. The molecule has 1 aromatic rings. The zero-order chi connectivity index (χ0) is 14.8. The molecule has 3 rings (SSSR count). The van der Waals surface area contributed by atoms with E-state index in [0.29, 0.717) is 23.9 Å². The number of nitrogens with two attached hydrogens (primary N) is 1. The third-order valence-electron chi connectivity index (χ3n) is 4.53. The number of rotatable bonds is 3. The molecule has 1 aromatic carbocycles. The summed E-state index contributed by atoms with van der Waals surface area (Å²) in [5, 5.41) is 3.81. The fraction of sp³-hybridized carbons (Fsp3) is 0.562. The van der Waals surface area contributed by atoms with E-state index in [-0.39, 0.29) is 11.9 Å². The first-order chi connectivity index (χ1) is 10.2. The molecule has 2 aliphatic rings. The summed E-state index contributed by atoms with van der Waals surface area (Å²) < 4.78 is 5.73. The van der Waals surface area contributed by atoms with Gasteiger partial charge in [-0.1, -0.05) is 24.4 Å². The normalized spacial score (nSPS) is 27.8. The standard InChI is InChI=1S/C16H21ClN2O2/c17-12-5-6-14-11(7-12)8-15(21-14)16(20)19-13-4-2-1-3-10(13)9-18/h5-7,10,13,15H,1-4,8-9,18H2,(H,19,20). The molecular formula is C16H21ClN2O2. The Morgan fingerprint density at radius 2 is 2.19 bits per heavy atom. The van der Waals surface area contributed by atoms with Crippen LogP contribution in [0.25, 0.3) is 0 Å². The molecular weight excluding hydrogens is 288 g/mol. The lowest BCUT2D eigenvalue weighted by molar-refractivity contribution is -0.128. The number of nitrogens with one attached hydrogen (secondary N) is 1. The topological polar surface area (TPSA) is 64.3 Å². The van der Waals surface area contributed by atoms with Crippen LogP contribution in [0.15, 0.2) is 18.2 Å². The number of ether oxygens (including phenoxy) is 1. The van der Waals surface area contributed by atoms with Crippen molar-refractivity contribution in [2.24, 2.45) is 11.7 Å². The molecule has 0 spiro atoms. The Morgan fingerprint density at radius 1 is 1.38 bits per heavy atom. The molecule has 1 aliphatic heterocycles. The van der Waals surface area contributed by atoms with Gasteiger partial charge in [-0.2, -0.15) is 0 Å². The molecule has 0 aromatic heterocycles. The first kappa shape index (κ1) is 14.7. The van der Waals surface area contributed by atoms with Gasteiger partial charge in [-0.05, 0) is 49.1 Å². The minimum Gasteiger partial charge on any atom is -0.480 e. The quantitative estimate of drug-likeness (QED) is 0.900. The second-order valence-corrected chi connectivity index (χ2v) is 6.39. The van der Waals surface area contributed by atoms with Crippen LogP contribution in [-0.4, -0.2) is 24.6 Å². The molecule has 5 heteroatoms. The number of fused-ring (bicyclic) bond motifs is 1. The number of halogens is 1. The molecule has 3 atom stereocenters. The van der Waals surface area contributed by atoms with Crippen LogP contribution in [0.1, 0.15) is 31.2 Å². The smallest absolute Gasteiger partial charge is 0.261 e. The SMILES string of the molecule is NCC1CCCCC1NC(=O)C1Cc2cc(Cl)ccc2O1. The molecule has 21 heavy (non-hydrogen) atoms. The van der Waals surface area contributed by atoms with Gasteiger partial charge in [-0.15, -0.1) is 0 Å². The Hall–Kier alpha value is -1.26. The molecule has 1 aliphatic carbocycles. The second kappa shape index (κ2) is 6.24. The van der Waals surface area contributed by atoms with Crippen LogP contribution in [0.2, 0.25) is 5.02 Å². The predicted molar refractivity (Wildman–Crippen MR) is 82.5 cm³/mol. The van der Waals surface area contributed by atoms with Crippen LogP contribution in [0, 0.1) is 5.92 Å². The van der Waals surface area contributed by atoms with Crippen LogP contribution >= 0.6 is 11.6 Å². The van der Waals surface area contributed by atoms with Crippen molar-refractivity contribution < 1.29 is 9.53 Å². The van der Waals surface area contributed by atoms with Crippen molar-refractivity contribution in [1.82, 2.24) is 5.32 Å². The first-order valence-corrected chi connectivity index (χ1v) is 8.00. The van der Waals surface area contributed by atoms with Crippen molar-refractivity contribution in [3.63, 3.8) is 0 Å². The van der Waals surface area contributed by atoms with Gasteiger partial charge in [0, 0.05) is 17.5 Å². The average molecular weight is 309 g/mol. The molecule has 4 nitrogen and oxygen atoms in total. The summed E-state index contributed by atoms with van der Waals surface area (Å²) in [6.45, 7) is 0.631. The molecule has 114 valence electrons. The number of hydrogen-bond donors (Lipinski definition) is 2. The number of carbonyl (C=O) groups excluding carboxylic acids is 1. The van der Waals surface area contributed by atoms with E-state index in [0.717, 1.165) is 30.6 Å². The Labute approximate surface area is 130 Å². The zero-order valence-corrected chi connectivity index (χ0v) is 12.7. The van der Waals surface area contributed by atoms with Crippen molar-refractivity contribution in [3.8, 4) is 5.75 Å². The third-order valence-corrected chi connectivity index (χ3v) is 4.76. The molecule has 0 bridgehead atoms. The maximum atomic E-state index is 12.4. The van der Waals surface area contributed by atoms with Crippen LogP contribution < -0.4 is 15.8 Å². The van der Waals surface area contributed by atoms with Gasteiger partial charge in [0.1, 0.15) is 5.75 Å². The number of carbonyl (C=O) groups is 1. The Bertz CT molecular complexity index is 535. The van der Waals surface area contributed by atoms with Gasteiger partial charge in [0.2, 0.25) is 0 Å². The molecule has 1 amide bonds. The number of hydrogen-bond acceptors (Lipinski definition) is 3. The molecule has 0 saturated heterocycles. The lowest BCUT2D eigenvalue weighted by Gasteiger charge is -2.31. The van der Waals surface area contributed by atoms with Gasteiger partial charge in [0.05, 0.1) is 0 Å². The summed E-state index contributed by atoms with van der Waals surface area (Å²) in [5.41, 5.74) is 6.81. The first-order valence-electron chi connectivity index (χ1n) is 7.63. The zero-order valence-electron chi connectivity index (χ0n) is 12.0. The van der Waals surface area contributed by atoms with Crippen molar-refractivity contribution in [1.29, 1.82) is 0 Å². The number of benzene rings is 1. The highest BCUT2D eigenvalue weighted by molar-refractivity contribution is 6.30. The van der Waals surface area contributed by atoms with Crippen molar-refractivity contribution in [2.75, 3.05) is 6.54 Å². The maximum absolute atomic E-state index is 12.4. The van der Waals surface area contributed by atoms with E-state index in [1.807, 2.05) is 12.1 Å². The average Bonchev–Trinajstić information content (AvgIpc) is 2.91. The van der Waals surface area contributed by atoms with Crippen LogP contribution in [0.4, 0.5) is 0 Å². The maximum Gasteiger partial charge on any atom is 0.261 e. The van der Waals surface area contributed by atoms with E-state index in [1.54, 1.807) is 6.07 Å². The third kappa shape index (κ3) is 3.16. The molecule has 3 unspecified atom stereocenters. The lowest BCUT2D eigenvalue weighted by Crippen LogP contribution is -2.49. The fourth-order valence-electron chi connectivity index (χ4n) is 3.32. The summed E-state index contributed by atoms with van der Waals surface area (Å²) in [7, 11) is 0. The highest BCUT2D eigenvalue weighted by atomic mass is 35.5. The van der Waals surface area contributed by atoms with Gasteiger partial charge in [-0.25, -0.2) is 0 Å². The highest BCUT2D eigenvalue weighted by Gasteiger charge is 2.32. The van der Waals surface area contributed by atoms with Gasteiger partial charge < -0.3 is 15.8 Å². The fourth-order valence-corrected chi connectivity index (χ4v) is 3.51. The van der Waals surface area contributed by atoms with E-state index in [4.69, 9.17) is 22.1 Å². The molecule has 3 N–H and O–H groups in total. The molecule has 1 fully saturated rings. The minimum atomic E-state index is -0.446. The van der Waals surface area contributed by atoms with Crippen molar-refractivity contribution in [3.05, 3.63) is 28.8 Å². The molecule has 1 heterocycles. The van der Waals surface area contributed by atoms with Gasteiger partial charge in [-0.3, -0.25) is 4.79 Å². The van der Waals surface area contributed by atoms with Crippen LogP contribution in [-0.2, 0) is 11.2 Å². The van der Waals surface area contributed by atoms with E-state index in [1.165, 1.54) is 6.42 Å². The highest BCUT2D eigenvalue weighted by Crippen LogP contribution is 2.31. The Kier molecular flexibility index (Phi) is 4.36. The van der Waals surface area contributed by atoms with Crippen LogP contribution in [0.3, 0.4) is 0 Å². The van der Waals surface area contributed by atoms with Crippen molar-refractivity contribution in [2.45, 2.75) is 44.2 Å². The van der Waals surface area contributed by atoms with Gasteiger partial charge in [0.15, 0.2) is 6.10 Å². The van der Waals surface area contributed by atoms with E-state index >= 15 is 0 Å². The van der Waals surface area contributed by atoms with E-state index in [2.05, 4.69) is 5.32 Å². The summed E-state index contributed by atoms with van der Waals surface area (Å²) in [6, 6.07) is 5.67. The number of amides is 1. The lowest BCUT2D eigenvalue weighted by atomic mass is 9.84. The Morgan fingerprint density at radius 3 is 3.00 bits per heavy atom. The molecule has 1 saturated carbocycles. The monoisotopic (exact) mass is 308 g/mol. The summed E-state index contributed by atoms with van der Waals surface area (Å²) in [4.78, 5) is 12.4. The van der Waals surface area contributed by atoms with Crippen molar-refractivity contribution >= 4 is 17.5 Å². The summed E-state index contributed by atoms with van der Waals surface area (Å²) in [6.07, 6.45) is 4.61. The minimum absolute atomic E-state index is 0.0346. The predicted octanol–water partition coefficient (Wildman–Crippen LogP) is 2.28. The van der Waals surface area contributed by atoms with E-state index < -0.39 is 6.10 Å². The Balaban J connectivity index is 1.62. The van der Waals surface area contributed by atoms with Gasteiger partial charge >= 0.3 is 0 Å². The van der Waals surface area contributed by atoms with Gasteiger partial charge in [0.25, 0.3) is 5.91 Å². The summed E-state index contributed by atoms with van der Waals surface area (Å²) in [5.74, 6) is 1.12. The largest absolute Gasteiger partial charge is 0.480 e. The summed E-state index contributed by atoms with van der Waals surface area (Å²) >= 11 is 5.97.